The molecule has 0 atom stereocenters. The molecule has 0 saturated carbocycles. The number of alkyl halides is 3. The number of methoxy groups -OCH3 is 1. The van der Waals surface area contributed by atoms with Crippen LogP contribution in [-0.4, -0.2) is 48.4 Å². The molecule has 0 unspecified atom stereocenters. The van der Waals surface area contributed by atoms with Crippen molar-refractivity contribution in [2.75, 3.05) is 43.6 Å². The fourth-order valence-corrected chi connectivity index (χ4v) is 2.70. The Labute approximate surface area is 150 Å². The van der Waals surface area contributed by atoms with Gasteiger partial charge in [0, 0.05) is 32.8 Å². The van der Waals surface area contributed by atoms with E-state index in [1.54, 1.807) is 7.11 Å². The van der Waals surface area contributed by atoms with Crippen molar-refractivity contribution in [2.24, 2.45) is 0 Å². The molecular weight excluding hydrogens is 355 g/mol. The van der Waals surface area contributed by atoms with Crippen LogP contribution in [0.15, 0.2) is 6.07 Å². The fraction of sp³-hybridized carbons (Fsp3) is 0.667. The van der Waals surface area contributed by atoms with E-state index in [2.05, 4.69) is 20.6 Å². The van der Waals surface area contributed by atoms with E-state index in [0.717, 1.165) is 31.7 Å². The molecule has 10 heteroatoms. The predicted octanol–water partition coefficient (Wildman–Crippen LogP) is 2.81. The minimum absolute atomic E-state index is 0.151. The van der Waals surface area contributed by atoms with Crippen molar-refractivity contribution in [3.63, 3.8) is 0 Å². The van der Waals surface area contributed by atoms with Crippen molar-refractivity contribution < 1.29 is 17.9 Å². The summed E-state index contributed by atoms with van der Waals surface area (Å²) in [5.74, 6) is 0.107. The summed E-state index contributed by atoms with van der Waals surface area (Å²) in [7, 11) is 1.54. The van der Waals surface area contributed by atoms with Gasteiger partial charge in [0.1, 0.15) is 5.82 Å². The number of hydrogen-bond acceptors (Lipinski definition) is 5. The second-order valence-electron chi connectivity index (χ2n) is 5.71. The lowest BCUT2D eigenvalue weighted by molar-refractivity contribution is -0.141. The number of nitrogens with zero attached hydrogens (tertiary/aromatic N) is 3. The standard InChI is InChI=1S/C15H22F3N5OS/c1-24-9-6-19-14(25)22-13-20-11(15(16,17)18)10-12(21-13)23-7-4-2-3-5-8-23/h10H,2-9H2,1H3,(H2,19,20,21,22,25). The molecule has 0 bridgehead atoms. The summed E-state index contributed by atoms with van der Waals surface area (Å²) in [6.07, 6.45) is -0.528. The maximum Gasteiger partial charge on any atom is 0.433 e. The van der Waals surface area contributed by atoms with Gasteiger partial charge in [-0.2, -0.15) is 18.2 Å². The molecule has 2 heterocycles. The van der Waals surface area contributed by atoms with Gasteiger partial charge in [-0.1, -0.05) is 12.8 Å². The molecule has 2 N–H and O–H groups in total. The summed E-state index contributed by atoms with van der Waals surface area (Å²) in [5, 5.41) is 5.60. The topological polar surface area (TPSA) is 62.3 Å². The quantitative estimate of drug-likeness (QED) is 0.604. The Kier molecular flexibility index (Phi) is 7.18. The highest BCUT2D eigenvalue weighted by atomic mass is 32.1. The molecule has 1 aromatic rings. The highest BCUT2D eigenvalue weighted by molar-refractivity contribution is 7.80. The smallest absolute Gasteiger partial charge is 0.383 e. The summed E-state index contributed by atoms with van der Waals surface area (Å²) >= 11 is 5.05. The highest BCUT2D eigenvalue weighted by Crippen LogP contribution is 2.31. The zero-order valence-electron chi connectivity index (χ0n) is 14.0. The van der Waals surface area contributed by atoms with Crippen molar-refractivity contribution in [1.29, 1.82) is 0 Å². The third-order valence-electron chi connectivity index (χ3n) is 3.75. The number of hydrogen-bond donors (Lipinski definition) is 2. The molecule has 1 saturated heterocycles. The van der Waals surface area contributed by atoms with Crippen LogP contribution in [0.25, 0.3) is 0 Å². The van der Waals surface area contributed by atoms with Crippen LogP contribution in [0, 0.1) is 0 Å². The number of rotatable bonds is 5. The summed E-state index contributed by atoms with van der Waals surface area (Å²) < 4.78 is 44.4. The van der Waals surface area contributed by atoms with Crippen molar-refractivity contribution in [3.8, 4) is 0 Å². The monoisotopic (exact) mass is 377 g/mol. The van der Waals surface area contributed by atoms with E-state index < -0.39 is 11.9 Å². The minimum atomic E-state index is -4.55. The van der Waals surface area contributed by atoms with Crippen LogP contribution in [0.4, 0.5) is 24.9 Å². The van der Waals surface area contributed by atoms with Gasteiger partial charge >= 0.3 is 6.18 Å². The van der Waals surface area contributed by atoms with Crippen LogP contribution < -0.4 is 15.5 Å². The predicted molar refractivity (Wildman–Crippen MR) is 93.8 cm³/mol. The van der Waals surface area contributed by atoms with Crippen LogP contribution in [0.2, 0.25) is 0 Å². The second-order valence-corrected chi connectivity index (χ2v) is 6.12. The Morgan fingerprint density at radius 3 is 2.52 bits per heavy atom. The molecule has 0 spiro atoms. The highest BCUT2D eigenvalue weighted by Gasteiger charge is 2.34. The molecule has 6 nitrogen and oxygen atoms in total. The van der Waals surface area contributed by atoms with Gasteiger partial charge in [0.2, 0.25) is 5.95 Å². The van der Waals surface area contributed by atoms with E-state index >= 15 is 0 Å². The van der Waals surface area contributed by atoms with Crippen LogP contribution in [0.1, 0.15) is 31.4 Å². The van der Waals surface area contributed by atoms with Crippen molar-refractivity contribution in [3.05, 3.63) is 11.8 Å². The first-order valence-electron chi connectivity index (χ1n) is 8.15. The van der Waals surface area contributed by atoms with Crippen molar-refractivity contribution in [2.45, 2.75) is 31.9 Å². The number of thiocarbonyl (C=S) groups is 1. The first-order valence-corrected chi connectivity index (χ1v) is 8.56. The molecule has 25 heavy (non-hydrogen) atoms. The largest absolute Gasteiger partial charge is 0.433 e. The molecule has 1 fully saturated rings. The molecule has 1 aliphatic heterocycles. The average Bonchev–Trinajstić information content (AvgIpc) is 2.83. The molecule has 0 amide bonds. The van der Waals surface area contributed by atoms with Gasteiger partial charge in [0.15, 0.2) is 10.8 Å². The Morgan fingerprint density at radius 1 is 1.24 bits per heavy atom. The molecule has 2 rings (SSSR count). The molecule has 140 valence electrons. The van der Waals surface area contributed by atoms with Gasteiger partial charge in [-0.15, -0.1) is 0 Å². The van der Waals surface area contributed by atoms with Crippen molar-refractivity contribution in [1.82, 2.24) is 15.3 Å². The van der Waals surface area contributed by atoms with E-state index in [-0.39, 0.29) is 16.9 Å². The van der Waals surface area contributed by atoms with Crippen LogP contribution in [0.5, 0.6) is 0 Å². The first-order chi connectivity index (χ1) is 11.9. The number of ether oxygens (including phenoxy) is 1. The minimum Gasteiger partial charge on any atom is -0.383 e. The Bertz CT molecular complexity index is 577. The average molecular weight is 377 g/mol. The lowest BCUT2D eigenvalue weighted by Crippen LogP contribution is -2.32. The third kappa shape index (κ3) is 6.28. The van der Waals surface area contributed by atoms with E-state index in [4.69, 9.17) is 17.0 Å². The van der Waals surface area contributed by atoms with E-state index in [0.29, 0.717) is 26.2 Å². The first kappa shape index (κ1) is 19.6. The SMILES string of the molecule is COCCNC(=S)Nc1nc(N2CCCCCC2)cc(C(F)(F)F)n1. The lowest BCUT2D eigenvalue weighted by atomic mass is 10.2. The van der Waals surface area contributed by atoms with Crippen molar-refractivity contribution >= 4 is 29.1 Å². The number of halogens is 3. The van der Waals surface area contributed by atoms with Gasteiger partial charge in [-0.05, 0) is 25.1 Å². The van der Waals surface area contributed by atoms with Crippen LogP contribution in [-0.2, 0) is 10.9 Å². The van der Waals surface area contributed by atoms with E-state index in [1.165, 1.54) is 0 Å². The number of aromatic nitrogens is 2. The Balaban J connectivity index is 2.19. The summed E-state index contributed by atoms with van der Waals surface area (Å²) in [6, 6.07) is 0.998. The van der Waals surface area contributed by atoms with Crippen LogP contribution >= 0.6 is 12.2 Å². The second kappa shape index (κ2) is 9.14. The molecular formula is C15H22F3N5OS. The molecule has 0 aliphatic carbocycles. The third-order valence-corrected chi connectivity index (χ3v) is 4.00. The summed E-state index contributed by atoms with van der Waals surface area (Å²) in [4.78, 5) is 9.66. The fourth-order valence-electron chi connectivity index (χ4n) is 2.51. The van der Waals surface area contributed by atoms with Gasteiger partial charge < -0.3 is 20.3 Å². The van der Waals surface area contributed by atoms with E-state index in [1.807, 2.05) is 4.90 Å². The van der Waals surface area contributed by atoms with Gasteiger partial charge in [0.25, 0.3) is 0 Å². The zero-order chi connectivity index (χ0) is 18.3. The lowest BCUT2D eigenvalue weighted by Gasteiger charge is -2.23. The summed E-state index contributed by atoms with van der Waals surface area (Å²) in [6.45, 7) is 2.22. The molecule has 1 aliphatic rings. The van der Waals surface area contributed by atoms with Gasteiger partial charge in [-0.3, -0.25) is 0 Å². The van der Waals surface area contributed by atoms with E-state index in [9.17, 15) is 13.2 Å². The molecule has 0 aromatic carbocycles. The molecule has 1 aromatic heterocycles. The number of nitrogens with one attached hydrogen (secondary N) is 2. The zero-order valence-corrected chi connectivity index (χ0v) is 14.8. The van der Waals surface area contributed by atoms with Gasteiger partial charge in [-0.25, -0.2) is 4.98 Å². The Morgan fingerprint density at radius 2 is 1.92 bits per heavy atom. The maximum absolute atomic E-state index is 13.2. The molecule has 0 radical (unpaired) electrons. The Hall–Kier alpha value is -1.68. The van der Waals surface area contributed by atoms with Crippen LogP contribution in [0.3, 0.4) is 0 Å². The normalized spacial score (nSPS) is 15.6. The van der Waals surface area contributed by atoms with Gasteiger partial charge in [0.05, 0.1) is 6.61 Å². The summed E-state index contributed by atoms with van der Waals surface area (Å²) in [5.41, 5.74) is -0.982. The number of anilines is 2. The maximum atomic E-state index is 13.2.